The Morgan fingerprint density at radius 1 is 1.10 bits per heavy atom. The highest BCUT2D eigenvalue weighted by atomic mass is 127. The van der Waals surface area contributed by atoms with E-state index in [9.17, 15) is 4.39 Å². The Hall–Kier alpha value is -1.14. The molecular weight excluding hydrogens is 380 g/mol. The minimum absolute atomic E-state index is 0.241. The summed E-state index contributed by atoms with van der Waals surface area (Å²) in [7, 11) is 0. The Morgan fingerprint density at radius 2 is 1.81 bits per heavy atom. The Kier molecular flexibility index (Phi) is 5.99. The number of halogens is 2. The Balaban J connectivity index is 2.19. The third-order valence-corrected chi connectivity index (χ3v) is 3.88. The predicted molar refractivity (Wildman–Crippen MR) is 92.2 cm³/mol. The van der Waals surface area contributed by atoms with E-state index in [1.165, 1.54) is 6.07 Å². The maximum Gasteiger partial charge on any atom is 0.140 e. The molecule has 0 spiro atoms. The molecule has 2 nitrogen and oxygen atoms in total. The monoisotopic (exact) mass is 399 g/mol. The van der Waals surface area contributed by atoms with E-state index in [1.54, 1.807) is 12.1 Å². The van der Waals surface area contributed by atoms with E-state index in [1.807, 2.05) is 24.3 Å². The lowest BCUT2D eigenvalue weighted by atomic mass is 10.1. The molecule has 2 aromatic carbocycles. The summed E-state index contributed by atoms with van der Waals surface area (Å²) in [5.41, 5.74) is 0.567. The van der Waals surface area contributed by atoms with E-state index in [0.29, 0.717) is 23.8 Å². The van der Waals surface area contributed by atoms with Crippen LogP contribution in [0.1, 0.15) is 19.4 Å². The number of nitrogens with one attached hydrogen (secondary N) is 1. The Labute approximate surface area is 138 Å². The van der Waals surface area contributed by atoms with Crippen LogP contribution in [0.2, 0.25) is 0 Å². The highest BCUT2D eigenvalue weighted by molar-refractivity contribution is 14.1. The van der Waals surface area contributed by atoms with E-state index in [0.717, 1.165) is 15.9 Å². The molecule has 2 rings (SSSR count). The van der Waals surface area contributed by atoms with Crippen molar-refractivity contribution >= 4 is 22.6 Å². The minimum atomic E-state index is -0.241. The van der Waals surface area contributed by atoms with Gasteiger partial charge in [-0.1, -0.05) is 32.0 Å². The first-order valence-electron chi connectivity index (χ1n) is 6.98. The molecule has 21 heavy (non-hydrogen) atoms. The van der Waals surface area contributed by atoms with Crippen LogP contribution in [0.4, 0.5) is 4.39 Å². The van der Waals surface area contributed by atoms with Gasteiger partial charge in [0.2, 0.25) is 0 Å². The standard InChI is InChI=1S/C17H19FINO/c1-12(2)10-20-11-13-14(18)6-5-9-16(13)21-17-8-4-3-7-15(17)19/h3-9,12,20H,10-11H2,1-2H3. The highest BCUT2D eigenvalue weighted by Gasteiger charge is 2.11. The molecule has 0 saturated heterocycles. The van der Waals surface area contributed by atoms with Crippen LogP contribution in [0.5, 0.6) is 11.5 Å². The third kappa shape index (κ3) is 4.68. The van der Waals surface area contributed by atoms with Gasteiger partial charge in [0.25, 0.3) is 0 Å². The molecular formula is C17H19FINO. The van der Waals surface area contributed by atoms with E-state index in [4.69, 9.17) is 4.74 Å². The van der Waals surface area contributed by atoms with E-state index >= 15 is 0 Å². The molecule has 0 heterocycles. The molecule has 0 aliphatic heterocycles. The number of benzene rings is 2. The van der Waals surface area contributed by atoms with Crippen molar-refractivity contribution < 1.29 is 9.13 Å². The van der Waals surface area contributed by atoms with Crippen molar-refractivity contribution in [3.05, 3.63) is 57.4 Å². The smallest absolute Gasteiger partial charge is 0.140 e. The molecule has 1 N–H and O–H groups in total. The van der Waals surface area contributed by atoms with Crippen LogP contribution < -0.4 is 10.1 Å². The summed E-state index contributed by atoms with van der Waals surface area (Å²) >= 11 is 2.21. The van der Waals surface area contributed by atoms with E-state index < -0.39 is 0 Å². The quantitative estimate of drug-likeness (QED) is 0.693. The van der Waals surface area contributed by atoms with Gasteiger partial charge in [0.15, 0.2) is 0 Å². The lowest BCUT2D eigenvalue weighted by molar-refractivity contribution is 0.455. The van der Waals surface area contributed by atoms with Crippen molar-refractivity contribution in [1.29, 1.82) is 0 Å². The van der Waals surface area contributed by atoms with Crippen LogP contribution in [0, 0.1) is 15.3 Å². The molecule has 0 aliphatic carbocycles. The molecule has 0 radical (unpaired) electrons. The van der Waals surface area contributed by atoms with Gasteiger partial charge < -0.3 is 10.1 Å². The molecule has 4 heteroatoms. The second-order valence-electron chi connectivity index (χ2n) is 5.27. The molecule has 2 aromatic rings. The third-order valence-electron chi connectivity index (χ3n) is 2.99. The SMILES string of the molecule is CC(C)CNCc1c(F)cccc1Oc1ccccc1I. The van der Waals surface area contributed by atoms with Crippen molar-refractivity contribution in [3.63, 3.8) is 0 Å². The number of hydrogen-bond donors (Lipinski definition) is 1. The Bertz CT molecular complexity index is 601. The molecule has 0 saturated carbocycles. The first-order chi connectivity index (χ1) is 10.1. The largest absolute Gasteiger partial charge is 0.456 e. The fraction of sp³-hybridized carbons (Fsp3) is 0.294. The van der Waals surface area contributed by atoms with Crippen LogP contribution in [0.25, 0.3) is 0 Å². The summed E-state index contributed by atoms with van der Waals surface area (Å²) in [6.45, 7) is 5.55. The van der Waals surface area contributed by atoms with Crippen LogP contribution in [0.3, 0.4) is 0 Å². The van der Waals surface area contributed by atoms with Gasteiger partial charge >= 0.3 is 0 Å². The number of hydrogen-bond acceptors (Lipinski definition) is 2. The van der Waals surface area contributed by atoms with Crippen molar-refractivity contribution in [3.8, 4) is 11.5 Å². The zero-order valence-corrected chi connectivity index (χ0v) is 14.4. The highest BCUT2D eigenvalue weighted by Crippen LogP contribution is 2.30. The van der Waals surface area contributed by atoms with E-state index in [2.05, 4.69) is 41.8 Å². The van der Waals surface area contributed by atoms with Gasteiger partial charge in [-0.2, -0.15) is 0 Å². The van der Waals surface area contributed by atoms with Crippen LogP contribution >= 0.6 is 22.6 Å². The molecule has 0 aliphatic rings. The van der Waals surface area contributed by atoms with Crippen molar-refractivity contribution in [2.45, 2.75) is 20.4 Å². The topological polar surface area (TPSA) is 21.3 Å². The van der Waals surface area contributed by atoms with Crippen molar-refractivity contribution in [2.24, 2.45) is 5.92 Å². The number of rotatable bonds is 6. The van der Waals surface area contributed by atoms with Crippen LogP contribution in [-0.4, -0.2) is 6.54 Å². The van der Waals surface area contributed by atoms with Gasteiger partial charge in [0, 0.05) is 12.1 Å². The average Bonchev–Trinajstić information content (AvgIpc) is 2.44. The lowest BCUT2D eigenvalue weighted by Crippen LogP contribution is -2.20. The normalized spacial score (nSPS) is 10.9. The molecule has 0 unspecified atom stereocenters. The number of para-hydroxylation sites is 1. The van der Waals surface area contributed by atoms with E-state index in [-0.39, 0.29) is 5.82 Å². The molecule has 0 aromatic heterocycles. The van der Waals surface area contributed by atoms with Gasteiger partial charge in [-0.05, 0) is 59.3 Å². The van der Waals surface area contributed by atoms with Gasteiger partial charge in [0.05, 0.1) is 3.57 Å². The fourth-order valence-electron chi connectivity index (χ4n) is 1.94. The molecule has 112 valence electrons. The maximum atomic E-state index is 14.1. The first kappa shape index (κ1) is 16.2. The zero-order valence-electron chi connectivity index (χ0n) is 12.2. The predicted octanol–water partition coefficient (Wildman–Crippen LogP) is 4.97. The average molecular weight is 399 g/mol. The van der Waals surface area contributed by atoms with Crippen LogP contribution in [0.15, 0.2) is 42.5 Å². The van der Waals surface area contributed by atoms with Crippen LogP contribution in [-0.2, 0) is 6.54 Å². The summed E-state index contributed by atoms with van der Waals surface area (Å²) in [4.78, 5) is 0. The summed E-state index contributed by atoms with van der Waals surface area (Å²) in [6, 6.07) is 12.7. The summed E-state index contributed by atoms with van der Waals surface area (Å²) in [5.74, 6) is 1.59. The summed E-state index contributed by atoms with van der Waals surface area (Å²) in [6.07, 6.45) is 0. The molecule has 0 fully saturated rings. The lowest BCUT2D eigenvalue weighted by Gasteiger charge is -2.14. The summed E-state index contributed by atoms with van der Waals surface area (Å²) < 4.78 is 20.9. The van der Waals surface area contributed by atoms with Gasteiger partial charge in [0.1, 0.15) is 17.3 Å². The minimum Gasteiger partial charge on any atom is -0.456 e. The second-order valence-corrected chi connectivity index (χ2v) is 6.44. The van der Waals surface area contributed by atoms with Gasteiger partial charge in [-0.15, -0.1) is 0 Å². The summed E-state index contributed by atoms with van der Waals surface area (Å²) in [5, 5.41) is 3.26. The molecule has 0 amide bonds. The van der Waals surface area contributed by atoms with Crippen molar-refractivity contribution in [2.75, 3.05) is 6.54 Å². The first-order valence-corrected chi connectivity index (χ1v) is 8.06. The second kappa shape index (κ2) is 7.75. The number of ether oxygens (including phenoxy) is 1. The fourth-order valence-corrected chi connectivity index (χ4v) is 2.44. The molecule has 0 bridgehead atoms. The zero-order chi connectivity index (χ0) is 15.2. The maximum absolute atomic E-state index is 14.1. The van der Waals surface area contributed by atoms with Gasteiger partial charge in [-0.3, -0.25) is 0 Å². The molecule has 0 atom stereocenters. The van der Waals surface area contributed by atoms with Gasteiger partial charge in [-0.25, -0.2) is 4.39 Å². The Morgan fingerprint density at radius 3 is 2.52 bits per heavy atom. The van der Waals surface area contributed by atoms with Crippen molar-refractivity contribution in [1.82, 2.24) is 5.32 Å².